The second kappa shape index (κ2) is 7.08. The van der Waals surface area contributed by atoms with E-state index in [0.717, 1.165) is 17.7 Å². The van der Waals surface area contributed by atoms with Gasteiger partial charge in [-0.15, -0.1) is 23.4 Å². The number of carbonyl (C=O) groups is 1. The molecular weight excluding hydrogens is 369 g/mol. The zero-order valence-electron chi connectivity index (χ0n) is 13.0. The van der Waals surface area contributed by atoms with Crippen molar-refractivity contribution in [2.45, 2.75) is 12.8 Å². The number of nitrogens with zero attached hydrogens (tertiary/aromatic N) is 3. The van der Waals surface area contributed by atoms with Crippen molar-refractivity contribution in [3.63, 3.8) is 0 Å². The van der Waals surface area contributed by atoms with Gasteiger partial charge in [0, 0.05) is 23.5 Å². The summed E-state index contributed by atoms with van der Waals surface area (Å²) in [6.45, 7) is 0. The summed E-state index contributed by atoms with van der Waals surface area (Å²) in [6.07, 6.45) is -1.64. The van der Waals surface area contributed by atoms with Gasteiger partial charge in [0.05, 0.1) is 12.1 Å². The summed E-state index contributed by atoms with van der Waals surface area (Å²) >= 11 is 1.24. The van der Waals surface area contributed by atoms with Crippen molar-refractivity contribution < 1.29 is 22.7 Å². The molecule has 0 aliphatic carbocycles. The smallest absolute Gasteiger partial charge is 0.404 e. The normalized spacial score (nSPS) is 11.3. The Balaban J connectivity index is 1.72. The Morgan fingerprint density at radius 1 is 1.23 bits per heavy atom. The predicted octanol–water partition coefficient (Wildman–Crippen LogP) is 3.51. The summed E-state index contributed by atoms with van der Waals surface area (Å²) in [4.78, 5) is 16.3. The highest BCUT2D eigenvalue weighted by Crippen LogP contribution is 2.29. The van der Waals surface area contributed by atoms with Crippen molar-refractivity contribution in [3.05, 3.63) is 53.3 Å². The van der Waals surface area contributed by atoms with Crippen LogP contribution in [0.5, 0.6) is 5.75 Å². The highest BCUT2D eigenvalue weighted by Gasteiger charge is 2.32. The molecule has 10 heteroatoms. The van der Waals surface area contributed by atoms with Gasteiger partial charge in [0.2, 0.25) is 0 Å². The quantitative estimate of drug-likeness (QED) is 0.538. The van der Waals surface area contributed by atoms with Crippen molar-refractivity contribution in [1.29, 1.82) is 0 Å². The van der Waals surface area contributed by atoms with E-state index in [9.17, 15) is 18.0 Å². The number of ketones is 1. The molecule has 0 radical (unpaired) electrons. The van der Waals surface area contributed by atoms with Crippen LogP contribution < -0.4 is 10.5 Å². The molecule has 0 bridgehead atoms. The molecule has 26 heavy (non-hydrogen) atoms. The number of benzene rings is 1. The van der Waals surface area contributed by atoms with E-state index in [-0.39, 0.29) is 23.5 Å². The average Bonchev–Trinajstić information content (AvgIpc) is 3.05. The largest absolute Gasteiger partial charge is 0.573 e. The fourth-order valence-electron chi connectivity index (χ4n) is 2.11. The lowest BCUT2D eigenvalue weighted by Crippen LogP contribution is -2.18. The van der Waals surface area contributed by atoms with Gasteiger partial charge < -0.3 is 10.5 Å². The standard InChI is InChI=1S/C16H11F3N4O2S/c17-16(18,19)25-13-4-3-9(6-11(13)20)12(24)7-14-22-23-15(26-14)10-2-1-5-21-8-10/h1-6,8H,7,20H2. The SMILES string of the molecule is Nc1cc(C(=O)Cc2nnc(-c3cccnc3)s2)ccc1OC(F)(F)F. The van der Waals surface area contributed by atoms with Crippen molar-refractivity contribution in [1.82, 2.24) is 15.2 Å². The van der Waals surface area contributed by atoms with E-state index in [4.69, 9.17) is 5.73 Å². The van der Waals surface area contributed by atoms with Crippen LogP contribution in [0.25, 0.3) is 10.6 Å². The second-order valence-corrected chi connectivity index (χ2v) is 6.21. The van der Waals surface area contributed by atoms with Gasteiger partial charge in [-0.2, -0.15) is 0 Å². The van der Waals surface area contributed by atoms with Gasteiger partial charge in [0.25, 0.3) is 0 Å². The molecule has 3 rings (SSSR count). The molecule has 2 N–H and O–H groups in total. The number of aromatic nitrogens is 3. The number of pyridine rings is 1. The number of halogens is 3. The molecule has 1 aromatic carbocycles. The summed E-state index contributed by atoms with van der Waals surface area (Å²) in [5.41, 5.74) is 6.20. The third-order valence-electron chi connectivity index (χ3n) is 3.24. The topological polar surface area (TPSA) is 91.0 Å². The Bertz CT molecular complexity index is 929. The number of rotatable bonds is 5. The zero-order valence-corrected chi connectivity index (χ0v) is 13.8. The lowest BCUT2D eigenvalue weighted by molar-refractivity contribution is -0.274. The molecule has 0 fully saturated rings. The Kier molecular flexibility index (Phi) is 4.85. The molecule has 0 aliphatic rings. The van der Waals surface area contributed by atoms with E-state index < -0.39 is 12.1 Å². The third kappa shape index (κ3) is 4.33. The van der Waals surface area contributed by atoms with E-state index in [1.165, 1.54) is 17.4 Å². The number of Topliss-reactive ketones (excluding diaryl/α,β-unsaturated/α-hetero) is 1. The number of carbonyl (C=O) groups excluding carboxylic acids is 1. The second-order valence-electron chi connectivity index (χ2n) is 5.14. The third-order valence-corrected chi connectivity index (χ3v) is 4.22. The average molecular weight is 380 g/mol. The summed E-state index contributed by atoms with van der Waals surface area (Å²) in [7, 11) is 0. The molecule has 0 spiro atoms. The number of ether oxygens (including phenoxy) is 1. The first-order valence-electron chi connectivity index (χ1n) is 7.23. The van der Waals surface area contributed by atoms with E-state index in [1.54, 1.807) is 18.5 Å². The molecule has 6 nitrogen and oxygen atoms in total. The van der Waals surface area contributed by atoms with Crippen molar-refractivity contribution in [3.8, 4) is 16.3 Å². The first-order chi connectivity index (χ1) is 12.3. The number of anilines is 1. The highest BCUT2D eigenvalue weighted by atomic mass is 32.1. The molecule has 134 valence electrons. The minimum absolute atomic E-state index is 0.0448. The molecular formula is C16H11F3N4O2S. The number of hydrogen-bond acceptors (Lipinski definition) is 7. The van der Waals surface area contributed by atoms with Gasteiger partial charge in [-0.25, -0.2) is 0 Å². The Hall–Kier alpha value is -3.01. The lowest BCUT2D eigenvalue weighted by Gasteiger charge is -2.11. The van der Waals surface area contributed by atoms with Crippen molar-refractivity contribution in [2.24, 2.45) is 0 Å². The molecule has 2 heterocycles. The number of hydrogen-bond donors (Lipinski definition) is 1. The van der Waals surface area contributed by atoms with Crippen LogP contribution in [0.4, 0.5) is 18.9 Å². The van der Waals surface area contributed by atoms with Gasteiger partial charge in [-0.3, -0.25) is 9.78 Å². The molecule has 2 aromatic heterocycles. The monoisotopic (exact) mass is 380 g/mol. The molecule has 0 saturated heterocycles. The molecule has 0 unspecified atom stereocenters. The van der Waals surface area contributed by atoms with Crippen LogP contribution in [0.15, 0.2) is 42.7 Å². The van der Waals surface area contributed by atoms with E-state index in [0.29, 0.717) is 10.0 Å². The number of alkyl halides is 3. The fraction of sp³-hybridized carbons (Fsp3) is 0.125. The first-order valence-corrected chi connectivity index (χ1v) is 8.05. The van der Waals surface area contributed by atoms with Crippen LogP contribution >= 0.6 is 11.3 Å². The van der Waals surface area contributed by atoms with E-state index in [2.05, 4.69) is 19.9 Å². The van der Waals surface area contributed by atoms with E-state index >= 15 is 0 Å². The molecule has 0 aliphatic heterocycles. The van der Waals surface area contributed by atoms with Gasteiger partial charge in [-0.05, 0) is 30.3 Å². The Labute approximate surface area is 149 Å². The highest BCUT2D eigenvalue weighted by molar-refractivity contribution is 7.14. The Morgan fingerprint density at radius 3 is 2.69 bits per heavy atom. The summed E-state index contributed by atoms with van der Waals surface area (Å²) < 4.78 is 40.5. The first kappa shape index (κ1) is 17.8. The summed E-state index contributed by atoms with van der Waals surface area (Å²) in [5, 5.41) is 9.07. The number of nitrogens with two attached hydrogens (primary N) is 1. The van der Waals surface area contributed by atoms with E-state index in [1.807, 2.05) is 6.07 Å². The van der Waals surface area contributed by atoms with Crippen LogP contribution in [-0.4, -0.2) is 27.3 Å². The Morgan fingerprint density at radius 2 is 2.04 bits per heavy atom. The van der Waals surface area contributed by atoms with Crippen molar-refractivity contribution in [2.75, 3.05) is 5.73 Å². The molecule has 3 aromatic rings. The fourth-order valence-corrected chi connectivity index (χ4v) is 2.94. The number of nitrogen functional groups attached to an aromatic ring is 1. The predicted molar refractivity (Wildman–Crippen MR) is 88.7 cm³/mol. The minimum Gasteiger partial charge on any atom is -0.404 e. The van der Waals surface area contributed by atoms with Crippen LogP contribution in [0, 0.1) is 0 Å². The minimum atomic E-state index is -4.85. The summed E-state index contributed by atoms with van der Waals surface area (Å²) in [5.74, 6) is -0.895. The van der Waals surface area contributed by atoms with Crippen LogP contribution in [0.1, 0.15) is 15.4 Å². The summed E-state index contributed by atoms with van der Waals surface area (Å²) in [6, 6.07) is 6.96. The van der Waals surface area contributed by atoms with Gasteiger partial charge in [0.15, 0.2) is 11.5 Å². The van der Waals surface area contributed by atoms with Crippen molar-refractivity contribution >= 4 is 22.8 Å². The van der Waals surface area contributed by atoms with Crippen LogP contribution in [0.2, 0.25) is 0 Å². The molecule has 0 atom stereocenters. The maximum atomic E-state index is 12.3. The van der Waals surface area contributed by atoms with Gasteiger partial charge >= 0.3 is 6.36 Å². The van der Waals surface area contributed by atoms with Gasteiger partial charge in [-0.1, -0.05) is 11.3 Å². The maximum absolute atomic E-state index is 12.3. The lowest BCUT2D eigenvalue weighted by atomic mass is 10.1. The molecule has 0 saturated carbocycles. The maximum Gasteiger partial charge on any atom is 0.573 e. The zero-order chi connectivity index (χ0) is 18.7. The van der Waals surface area contributed by atoms with Gasteiger partial charge in [0.1, 0.15) is 10.0 Å². The van der Waals surface area contributed by atoms with Crippen LogP contribution in [0.3, 0.4) is 0 Å². The molecule has 0 amide bonds. The van der Waals surface area contributed by atoms with Crippen LogP contribution in [-0.2, 0) is 6.42 Å².